The first-order chi connectivity index (χ1) is 14.6. The first kappa shape index (κ1) is 19.3. The summed E-state index contributed by atoms with van der Waals surface area (Å²) in [4.78, 5) is 8.67. The maximum atomic E-state index is 13.4. The van der Waals surface area contributed by atoms with Crippen LogP contribution in [0.5, 0.6) is 11.5 Å². The number of nitrogens with zero attached hydrogens (tertiary/aromatic N) is 2. The monoisotopic (exact) mass is 431 g/mol. The van der Waals surface area contributed by atoms with Gasteiger partial charge in [0.25, 0.3) is 0 Å². The van der Waals surface area contributed by atoms with E-state index >= 15 is 0 Å². The number of hydrogen-bond acceptors (Lipinski definition) is 7. The second kappa shape index (κ2) is 7.86. The lowest BCUT2D eigenvalue weighted by atomic mass is 10.1. The van der Waals surface area contributed by atoms with Crippen LogP contribution in [0.3, 0.4) is 0 Å². The fourth-order valence-electron chi connectivity index (χ4n) is 3.82. The van der Waals surface area contributed by atoms with E-state index in [9.17, 15) is 4.39 Å². The Bertz CT molecular complexity index is 1100. The lowest BCUT2D eigenvalue weighted by Gasteiger charge is -2.20. The van der Waals surface area contributed by atoms with Crippen LogP contribution in [0.15, 0.2) is 36.7 Å². The summed E-state index contributed by atoms with van der Waals surface area (Å²) >= 11 is 5.88. The van der Waals surface area contributed by atoms with Gasteiger partial charge in [-0.15, -0.1) is 0 Å². The fourth-order valence-corrected chi connectivity index (χ4v) is 4.00. The molecule has 2 saturated heterocycles. The van der Waals surface area contributed by atoms with Crippen LogP contribution in [0.25, 0.3) is 10.9 Å². The highest BCUT2D eigenvalue weighted by atomic mass is 35.5. The van der Waals surface area contributed by atoms with Crippen LogP contribution in [0.2, 0.25) is 5.02 Å². The molecule has 9 heteroatoms. The van der Waals surface area contributed by atoms with Crippen molar-refractivity contribution in [2.75, 3.05) is 25.6 Å². The van der Waals surface area contributed by atoms with Crippen LogP contribution >= 0.6 is 11.6 Å². The molecular formula is C21H19ClFN3O4. The number of anilines is 2. The summed E-state index contributed by atoms with van der Waals surface area (Å²) in [5.41, 5.74) is 1.27. The van der Waals surface area contributed by atoms with Gasteiger partial charge < -0.3 is 24.3 Å². The normalized spacial score (nSPS) is 22.8. The topological polar surface area (TPSA) is 74.7 Å². The summed E-state index contributed by atoms with van der Waals surface area (Å²) in [5, 5.41) is 3.90. The number of aromatic nitrogens is 2. The molecule has 0 radical (unpaired) electrons. The van der Waals surface area contributed by atoms with Gasteiger partial charge in [-0.2, -0.15) is 0 Å². The smallest absolute Gasteiger partial charge is 0.164 e. The first-order valence-corrected chi connectivity index (χ1v) is 9.95. The van der Waals surface area contributed by atoms with Crippen molar-refractivity contribution in [2.24, 2.45) is 0 Å². The van der Waals surface area contributed by atoms with E-state index in [1.807, 2.05) is 0 Å². The SMILES string of the molecule is COc1cc2c(Nc3ccc(F)c(Cl)c3)ncnc2cc1O[C@@H]1COC2CCOC21. The molecule has 3 atom stereocenters. The minimum absolute atomic E-state index is 0.0258. The quantitative estimate of drug-likeness (QED) is 0.651. The van der Waals surface area contributed by atoms with E-state index < -0.39 is 5.82 Å². The van der Waals surface area contributed by atoms with Crippen molar-refractivity contribution < 1.29 is 23.3 Å². The van der Waals surface area contributed by atoms with Crippen molar-refractivity contribution in [1.29, 1.82) is 0 Å². The number of nitrogens with one attached hydrogen (secondary N) is 1. The number of fused-ring (bicyclic) bond motifs is 2. The molecule has 30 heavy (non-hydrogen) atoms. The molecule has 5 rings (SSSR count). The zero-order chi connectivity index (χ0) is 20.7. The van der Waals surface area contributed by atoms with E-state index in [4.69, 9.17) is 30.5 Å². The third-order valence-electron chi connectivity index (χ3n) is 5.30. The fraction of sp³-hybridized carbons (Fsp3) is 0.333. The Morgan fingerprint density at radius 3 is 2.90 bits per heavy atom. The molecule has 2 aliphatic heterocycles. The molecule has 0 bridgehead atoms. The van der Waals surface area contributed by atoms with Gasteiger partial charge in [-0.25, -0.2) is 14.4 Å². The van der Waals surface area contributed by atoms with Crippen LogP contribution in [-0.4, -0.2) is 48.6 Å². The molecule has 0 saturated carbocycles. The molecule has 3 aromatic rings. The molecule has 2 fully saturated rings. The van der Waals surface area contributed by atoms with Crippen molar-refractivity contribution in [3.05, 3.63) is 47.5 Å². The zero-order valence-electron chi connectivity index (χ0n) is 16.1. The highest BCUT2D eigenvalue weighted by Crippen LogP contribution is 2.38. The predicted molar refractivity (Wildman–Crippen MR) is 109 cm³/mol. The summed E-state index contributed by atoms with van der Waals surface area (Å²) in [5.74, 6) is 1.15. The number of rotatable bonds is 5. The molecule has 1 aromatic heterocycles. The number of methoxy groups -OCH3 is 1. The van der Waals surface area contributed by atoms with E-state index in [-0.39, 0.29) is 23.3 Å². The van der Waals surface area contributed by atoms with Crippen molar-refractivity contribution in [3.63, 3.8) is 0 Å². The Labute approximate surface area is 177 Å². The third-order valence-corrected chi connectivity index (χ3v) is 5.59. The van der Waals surface area contributed by atoms with E-state index in [2.05, 4.69) is 15.3 Å². The second-order valence-electron chi connectivity index (χ2n) is 7.15. The highest BCUT2D eigenvalue weighted by Gasteiger charge is 2.43. The van der Waals surface area contributed by atoms with Crippen LogP contribution in [0.1, 0.15) is 6.42 Å². The number of halogens is 2. The molecule has 0 spiro atoms. The Kier molecular flexibility index (Phi) is 5.06. The van der Waals surface area contributed by atoms with Crippen molar-refractivity contribution in [2.45, 2.75) is 24.7 Å². The van der Waals surface area contributed by atoms with Crippen LogP contribution < -0.4 is 14.8 Å². The number of benzene rings is 2. The summed E-state index contributed by atoms with van der Waals surface area (Å²) in [6.07, 6.45) is 2.14. The molecule has 2 aromatic carbocycles. The summed E-state index contributed by atoms with van der Waals surface area (Å²) in [7, 11) is 1.57. The van der Waals surface area contributed by atoms with Crippen LogP contribution in [0, 0.1) is 5.82 Å². The van der Waals surface area contributed by atoms with Gasteiger partial charge in [-0.1, -0.05) is 11.6 Å². The van der Waals surface area contributed by atoms with Gasteiger partial charge in [-0.3, -0.25) is 0 Å². The number of hydrogen-bond donors (Lipinski definition) is 1. The maximum absolute atomic E-state index is 13.4. The Morgan fingerprint density at radius 2 is 2.07 bits per heavy atom. The largest absolute Gasteiger partial charge is 0.493 e. The lowest BCUT2D eigenvalue weighted by molar-refractivity contribution is 0.0298. The highest BCUT2D eigenvalue weighted by molar-refractivity contribution is 6.31. The molecule has 2 aliphatic rings. The molecule has 0 amide bonds. The minimum atomic E-state index is -0.484. The second-order valence-corrected chi connectivity index (χ2v) is 7.56. The van der Waals surface area contributed by atoms with Crippen molar-refractivity contribution in [1.82, 2.24) is 9.97 Å². The third kappa shape index (κ3) is 3.51. The molecule has 0 aliphatic carbocycles. The van der Waals surface area contributed by atoms with Gasteiger partial charge in [0.1, 0.15) is 24.1 Å². The molecular weight excluding hydrogens is 413 g/mol. The van der Waals surface area contributed by atoms with E-state index in [1.54, 1.807) is 25.3 Å². The maximum Gasteiger partial charge on any atom is 0.164 e. The molecule has 1 N–H and O–H groups in total. The summed E-state index contributed by atoms with van der Waals surface area (Å²) in [6, 6.07) is 7.99. The van der Waals surface area contributed by atoms with Crippen molar-refractivity contribution in [3.8, 4) is 11.5 Å². The van der Waals surface area contributed by atoms with Gasteiger partial charge in [-0.05, 0) is 30.7 Å². The molecule has 3 heterocycles. The van der Waals surface area contributed by atoms with Gasteiger partial charge >= 0.3 is 0 Å². The van der Waals surface area contributed by atoms with Gasteiger partial charge in [0.15, 0.2) is 17.6 Å². The molecule has 7 nitrogen and oxygen atoms in total. The van der Waals surface area contributed by atoms with E-state index in [0.29, 0.717) is 41.7 Å². The van der Waals surface area contributed by atoms with Gasteiger partial charge in [0, 0.05) is 23.7 Å². The Hall–Kier alpha value is -2.68. The average Bonchev–Trinajstić information content (AvgIpc) is 3.36. The van der Waals surface area contributed by atoms with E-state index in [1.165, 1.54) is 18.5 Å². The minimum Gasteiger partial charge on any atom is -0.493 e. The summed E-state index contributed by atoms with van der Waals surface area (Å²) in [6.45, 7) is 1.15. The Morgan fingerprint density at radius 1 is 1.17 bits per heavy atom. The first-order valence-electron chi connectivity index (χ1n) is 9.57. The Balaban J connectivity index is 1.47. The van der Waals surface area contributed by atoms with Crippen molar-refractivity contribution >= 4 is 34.0 Å². The standard InChI is InChI=1S/C21H19ClFN3O4/c1-27-17-7-12-15(8-18(17)30-19-9-29-16-4-5-28-20(16)19)24-10-25-21(12)26-11-2-3-14(23)13(22)6-11/h2-3,6-8,10,16,19-20H,4-5,9H2,1H3,(H,24,25,26)/t16?,19-,20?/m1/s1. The van der Waals surface area contributed by atoms with Gasteiger partial charge in [0.05, 0.1) is 30.4 Å². The lowest BCUT2D eigenvalue weighted by Crippen LogP contribution is -2.32. The molecule has 2 unspecified atom stereocenters. The zero-order valence-corrected chi connectivity index (χ0v) is 16.9. The van der Waals surface area contributed by atoms with Crippen LogP contribution in [-0.2, 0) is 9.47 Å². The van der Waals surface area contributed by atoms with Gasteiger partial charge in [0.2, 0.25) is 0 Å². The van der Waals surface area contributed by atoms with E-state index in [0.717, 1.165) is 11.8 Å². The summed E-state index contributed by atoms with van der Waals surface area (Å²) < 4.78 is 36.7. The molecule has 156 valence electrons. The number of ether oxygens (including phenoxy) is 4. The predicted octanol–water partition coefficient (Wildman–Crippen LogP) is 4.11. The van der Waals surface area contributed by atoms with Crippen LogP contribution in [0.4, 0.5) is 15.9 Å². The average molecular weight is 432 g/mol.